The largest absolute Gasteiger partial charge is 0.496 e. The predicted octanol–water partition coefficient (Wildman–Crippen LogP) is 2.63. The Morgan fingerprint density at radius 1 is 1.58 bits per heavy atom. The lowest BCUT2D eigenvalue weighted by Crippen LogP contribution is -2.12. The van der Waals surface area contributed by atoms with E-state index in [1.807, 2.05) is 0 Å². The molecule has 7 heteroatoms. The smallest absolute Gasteiger partial charge is 0.275 e. The fraction of sp³-hybridized carbons (Fsp3) is 0.167. The van der Waals surface area contributed by atoms with Crippen LogP contribution >= 0.6 is 27.3 Å². The Morgan fingerprint density at radius 3 is 2.95 bits per heavy atom. The van der Waals surface area contributed by atoms with E-state index in [9.17, 15) is 4.79 Å². The van der Waals surface area contributed by atoms with E-state index in [1.165, 1.54) is 11.3 Å². The maximum atomic E-state index is 12.0. The van der Waals surface area contributed by atoms with Gasteiger partial charge in [-0.05, 0) is 34.1 Å². The molecule has 0 saturated carbocycles. The maximum Gasteiger partial charge on any atom is 0.275 e. The van der Waals surface area contributed by atoms with Crippen molar-refractivity contribution < 1.29 is 9.53 Å². The number of halogens is 1. The van der Waals surface area contributed by atoms with Crippen molar-refractivity contribution in [3.63, 3.8) is 0 Å². The van der Waals surface area contributed by atoms with E-state index in [0.29, 0.717) is 23.7 Å². The molecule has 0 spiro atoms. The molecule has 100 valence electrons. The summed E-state index contributed by atoms with van der Waals surface area (Å²) in [5.41, 5.74) is 6.50. The van der Waals surface area contributed by atoms with Crippen LogP contribution in [-0.2, 0) is 6.54 Å². The molecule has 1 aromatic heterocycles. The maximum absolute atomic E-state index is 12.0. The number of amides is 1. The van der Waals surface area contributed by atoms with Crippen LogP contribution in [0.25, 0.3) is 0 Å². The number of carbonyl (C=O) groups excluding carboxylic acids is 1. The first-order valence-corrected chi connectivity index (χ1v) is 7.10. The van der Waals surface area contributed by atoms with Gasteiger partial charge in [-0.3, -0.25) is 4.79 Å². The van der Waals surface area contributed by atoms with Crippen molar-refractivity contribution in [2.45, 2.75) is 6.54 Å². The lowest BCUT2D eigenvalue weighted by atomic mass is 10.3. The van der Waals surface area contributed by atoms with Crippen LogP contribution < -0.4 is 15.8 Å². The molecule has 0 aliphatic heterocycles. The van der Waals surface area contributed by atoms with Crippen molar-refractivity contribution in [1.82, 2.24) is 4.98 Å². The summed E-state index contributed by atoms with van der Waals surface area (Å²) in [6, 6.07) is 5.30. The molecule has 1 amide bonds. The van der Waals surface area contributed by atoms with E-state index in [2.05, 4.69) is 26.2 Å². The van der Waals surface area contributed by atoms with E-state index in [-0.39, 0.29) is 5.91 Å². The van der Waals surface area contributed by atoms with Crippen LogP contribution in [0.4, 0.5) is 5.69 Å². The molecule has 1 heterocycles. The highest BCUT2D eigenvalue weighted by molar-refractivity contribution is 9.10. The van der Waals surface area contributed by atoms with E-state index in [4.69, 9.17) is 10.5 Å². The van der Waals surface area contributed by atoms with Crippen LogP contribution in [0.2, 0.25) is 0 Å². The van der Waals surface area contributed by atoms with Gasteiger partial charge in [0.2, 0.25) is 0 Å². The van der Waals surface area contributed by atoms with Crippen molar-refractivity contribution in [2.75, 3.05) is 12.4 Å². The predicted molar refractivity (Wildman–Crippen MR) is 78.7 cm³/mol. The second-order valence-corrected chi connectivity index (χ2v) is 5.43. The molecule has 0 saturated heterocycles. The van der Waals surface area contributed by atoms with Gasteiger partial charge in [-0.2, -0.15) is 0 Å². The first-order chi connectivity index (χ1) is 9.13. The molecule has 3 N–H and O–H groups in total. The molecule has 1 aromatic carbocycles. The van der Waals surface area contributed by atoms with E-state index < -0.39 is 0 Å². The summed E-state index contributed by atoms with van der Waals surface area (Å²) in [7, 11) is 1.59. The quantitative estimate of drug-likeness (QED) is 0.895. The van der Waals surface area contributed by atoms with E-state index in [1.54, 1.807) is 30.7 Å². The molecule has 5 nitrogen and oxygen atoms in total. The van der Waals surface area contributed by atoms with Gasteiger partial charge in [-0.15, -0.1) is 11.3 Å². The molecule has 0 unspecified atom stereocenters. The third kappa shape index (κ3) is 3.31. The zero-order valence-electron chi connectivity index (χ0n) is 10.1. The number of anilines is 1. The van der Waals surface area contributed by atoms with Crippen molar-refractivity contribution in [1.29, 1.82) is 0 Å². The Labute approximate surface area is 122 Å². The van der Waals surface area contributed by atoms with Gasteiger partial charge in [0.15, 0.2) is 0 Å². The molecule has 19 heavy (non-hydrogen) atoms. The first kappa shape index (κ1) is 14.0. The summed E-state index contributed by atoms with van der Waals surface area (Å²) in [6.45, 7) is 0.339. The molecule has 0 aliphatic carbocycles. The van der Waals surface area contributed by atoms with Gasteiger partial charge in [-0.25, -0.2) is 4.98 Å². The molecule has 2 rings (SSSR count). The zero-order valence-corrected chi connectivity index (χ0v) is 12.5. The number of nitrogens with one attached hydrogen (secondary N) is 1. The minimum atomic E-state index is -0.256. The molecule has 0 bridgehead atoms. The van der Waals surface area contributed by atoms with Gasteiger partial charge in [0.25, 0.3) is 5.91 Å². The molecule has 0 radical (unpaired) electrons. The number of ether oxygens (including phenoxy) is 1. The van der Waals surface area contributed by atoms with Gasteiger partial charge in [0, 0.05) is 17.6 Å². The monoisotopic (exact) mass is 341 g/mol. The highest BCUT2D eigenvalue weighted by Crippen LogP contribution is 2.27. The van der Waals surface area contributed by atoms with Gasteiger partial charge < -0.3 is 15.8 Å². The van der Waals surface area contributed by atoms with Crippen molar-refractivity contribution in [3.8, 4) is 5.75 Å². The lowest BCUT2D eigenvalue weighted by molar-refractivity contribution is 0.102. The topological polar surface area (TPSA) is 77.2 Å². The number of hydrogen-bond donors (Lipinski definition) is 2. The summed E-state index contributed by atoms with van der Waals surface area (Å²) in [5, 5.41) is 5.19. The van der Waals surface area contributed by atoms with Gasteiger partial charge in [0.1, 0.15) is 16.5 Å². The van der Waals surface area contributed by atoms with Crippen LogP contribution in [0.3, 0.4) is 0 Å². The van der Waals surface area contributed by atoms with Crippen LogP contribution in [0.15, 0.2) is 28.1 Å². The molecule has 0 atom stereocenters. The Hall–Kier alpha value is -1.44. The number of thiazole rings is 1. The van der Waals surface area contributed by atoms with E-state index in [0.717, 1.165) is 9.48 Å². The van der Waals surface area contributed by atoms with Gasteiger partial charge >= 0.3 is 0 Å². The Bertz CT molecular complexity index is 600. The minimum absolute atomic E-state index is 0.256. The number of carbonyl (C=O) groups is 1. The Kier molecular flexibility index (Phi) is 4.52. The van der Waals surface area contributed by atoms with Crippen LogP contribution in [0.5, 0.6) is 5.75 Å². The average Bonchev–Trinajstić information content (AvgIpc) is 2.88. The highest BCUT2D eigenvalue weighted by atomic mass is 79.9. The number of aromatic nitrogens is 1. The number of methoxy groups -OCH3 is 1. The second kappa shape index (κ2) is 6.14. The summed E-state index contributed by atoms with van der Waals surface area (Å²) < 4.78 is 5.90. The molecule has 2 aromatic rings. The fourth-order valence-corrected chi connectivity index (χ4v) is 2.64. The molecular weight excluding hydrogens is 330 g/mol. The average molecular weight is 342 g/mol. The van der Waals surface area contributed by atoms with Crippen molar-refractivity contribution >= 4 is 38.9 Å². The first-order valence-electron chi connectivity index (χ1n) is 5.43. The number of nitrogens with zero attached hydrogens (tertiary/aromatic N) is 1. The van der Waals surface area contributed by atoms with Gasteiger partial charge in [0.05, 0.1) is 11.6 Å². The number of hydrogen-bond acceptors (Lipinski definition) is 5. The van der Waals surface area contributed by atoms with Gasteiger partial charge in [-0.1, -0.05) is 0 Å². The third-order valence-corrected chi connectivity index (χ3v) is 3.86. The minimum Gasteiger partial charge on any atom is -0.496 e. The SMILES string of the molecule is COc1ccc(NC(=O)c2csc(CN)n2)cc1Br. The summed E-state index contributed by atoms with van der Waals surface area (Å²) >= 11 is 4.73. The van der Waals surface area contributed by atoms with Crippen molar-refractivity contribution in [3.05, 3.63) is 38.8 Å². The third-order valence-electron chi connectivity index (χ3n) is 2.37. The Morgan fingerprint density at radius 2 is 2.37 bits per heavy atom. The van der Waals surface area contributed by atoms with Crippen LogP contribution in [0, 0.1) is 0 Å². The number of benzene rings is 1. The summed E-state index contributed by atoms with van der Waals surface area (Å²) in [5.74, 6) is 0.449. The fourth-order valence-electron chi connectivity index (χ4n) is 1.45. The van der Waals surface area contributed by atoms with E-state index >= 15 is 0 Å². The number of rotatable bonds is 4. The van der Waals surface area contributed by atoms with Crippen LogP contribution in [-0.4, -0.2) is 18.0 Å². The summed E-state index contributed by atoms with van der Waals surface area (Å²) in [6.07, 6.45) is 0. The Balaban J connectivity index is 2.12. The summed E-state index contributed by atoms with van der Waals surface area (Å²) in [4.78, 5) is 16.1. The normalized spacial score (nSPS) is 10.3. The second-order valence-electron chi connectivity index (χ2n) is 3.63. The highest BCUT2D eigenvalue weighted by Gasteiger charge is 2.11. The molecule has 0 fully saturated rings. The molecule has 0 aliphatic rings. The van der Waals surface area contributed by atoms with Crippen molar-refractivity contribution in [2.24, 2.45) is 5.73 Å². The standard InChI is InChI=1S/C12H12BrN3O2S/c1-18-10-3-2-7(4-8(10)13)15-12(17)9-6-19-11(5-14)16-9/h2-4,6H,5,14H2,1H3,(H,15,17). The lowest BCUT2D eigenvalue weighted by Gasteiger charge is -2.07. The zero-order chi connectivity index (χ0) is 13.8. The number of nitrogens with two attached hydrogens (primary N) is 1. The molecular formula is C12H12BrN3O2S. The van der Waals surface area contributed by atoms with Crippen LogP contribution in [0.1, 0.15) is 15.5 Å².